The Morgan fingerprint density at radius 1 is 1.35 bits per heavy atom. The van der Waals surface area contributed by atoms with Crippen molar-refractivity contribution in [2.45, 2.75) is 32.8 Å². The van der Waals surface area contributed by atoms with E-state index in [1.165, 1.54) is 12.1 Å². The normalized spacial score (nSPS) is 17.9. The number of hydrogen-bond donors (Lipinski definition) is 1. The summed E-state index contributed by atoms with van der Waals surface area (Å²) in [6.45, 7) is 3.65. The van der Waals surface area contributed by atoms with Crippen LogP contribution in [0.1, 0.15) is 36.2 Å². The highest BCUT2D eigenvalue weighted by atomic mass is 16.5. The summed E-state index contributed by atoms with van der Waals surface area (Å²) in [7, 11) is 0. The largest absolute Gasteiger partial charge is 0.506 e. The molecule has 0 amide bonds. The van der Waals surface area contributed by atoms with Gasteiger partial charge in [-0.3, -0.25) is 4.79 Å². The number of ketones is 1. The molecule has 20 heavy (non-hydrogen) atoms. The Labute approximate surface area is 114 Å². The molecule has 1 aliphatic rings. The van der Waals surface area contributed by atoms with E-state index in [9.17, 15) is 14.7 Å². The lowest BCUT2D eigenvalue weighted by atomic mass is 9.96. The van der Waals surface area contributed by atoms with E-state index in [-0.39, 0.29) is 41.0 Å². The van der Waals surface area contributed by atoms with E-state index in [0.717, 1.165) is 0 Å². The van der Waals surface area contributed by atoms with Gasteiger partial charge < -0.3 is 14.3 Å². The highest BCUT2D eigenvalue weighted by Crippen LogP contribution is 2.41. The summed E-state index contributed by atoms with van der Waals surface area (Å²) in [5, 5.41) is 10.8. The molecule has 0 bridgehead atoms. The van der Waals surface area contributed by atoms with E-state index in [1.54, 1.807) is 6.92 Å². The number of Topliss-reactive ketones (excluding diaryl/α,β-unsaturated/α-hetero) is 1. The van der Waals surface area contributed by atoms with Crippen molar-refractivity contribution < 1.29 is 19.1 Å². The Morgan fingerprint density at radius 3 is 2.80 bits per heavy atom. The zero-order valence-corrected chi connectivity index (χ0v) is 11.2. The number of hydrogen-bond acceptors (Lipinski definition) is 5. The summed E-state index contributed by atoms with van der Waals surface area (Å²) in [5.41, 5.74) is 0.596. The second kappa shape index (κ2) is 4.37. The van der Waals surface area contributed by atoms with Gasteiger partial charge in [-0.25, -0.2) is 4.79 Å². The molecule has 0 aliphatic carbocycles. The van der Waals surface area contributed by atoms with Crippen molar-refractivity contribution in [1.82, 2.24) is 0 Å². The maximum atomic E-state index is 12.1. The van der Waals surface area contributed by atoms with Crippen LogP contribution in [0.25, 0.3) is 11.0 Å². The van der Waals surface area contributed by atoms with Gasteiger partial charge in [-0.15, -0.1) is 0 Å². The molecular weight excluding hydrogens is 260 g/mol. The first-order valence-electron chi connectivity index (χ1n) is 6.53. The van der Waals surface area contributed by atoms with Gasteiger partial charge in [0, 0.05) is 18.6 Å². The summed E-state index contributed by atoms with van der Waals surface area (Å²) in [6, 6.07) is 2.85. The van der Waals surface area contributed by atoms with Crippen LogP contribution in [0, 0.1) is 0 Å². The van der Waals surface area contributed by atoms with Crippen LogP contribution in [-0.2, 0) is 6.42 Å². The average Bonchev–Trinajstić information content (AvgIpc) is 2.36. The SMILES string of the molecule is CCc1cc(=O)oc2cc3c(c(O)c12)C(=O)CC(C)O3. The van der Waals surface area contributed by atoms with Crippen molar-refractivity contribution in [2.24, 2.45) is 0 Å². The molecule has 1 aromatic carbocycles. The van der Waals surface area contributed by atoms with E-state index in [2.05, 4.69) is 0 Å². The fourth-order valence-corrected chi connectivity index (χ4v) is 2.63. The van der Waals surface area contributed by atoms with Gasteiger partial charge in [-0.1, -0.05) is 6.92 Å². The molecule has 1 N–H and O–H groups in total. The van der Waals surface area contributed by atoms with Crippen molar-refractivity contribution in [3.05, 3.63) is 33.7 Å². The summed E-state index contributed by atoms with van der Waals surface area (Å²) in [4.78, 5) is 23.6. The molecule has 0 radical (unpaired) electrons. The summed E-state index contributed by atoms with van der Waals surface area (Å²) >= 11 is 0. The first kappa shape index (κ1) is 12.7. The topological polar surface area (TPSA) is 76.7 Å². The molecular formula is C15H14O5. The number of rotatable bonds is 1. The van der Waals surface area contributed by atoms with E-state index in [1.807, 2.05) is 6.92 Å². The molecule has 2 heterocycles. The number of carbonyl (C=O) groups excluding carboxylic acids is 1. The van der Waals surface area contributed by atoms with Crippen LogP contribution >= 0.6 is 0 Å². The Kier molecular flexibility index (Phi) is 2.78. The molecule has 5 heteroatoms. The number of aryl methyl sites for hydroxylation is 1. The monoisotopic (exact) mass is 274 g/mol. The highest BCUT2D eigenvalue weighted by Gasteiger charge is 2.29. The Bertz CT molecular complexity index is 772. The van der Waals surface area contributed by atoms with Crippen molar-refractivity contribution in [3.63, 3.8) is 0 Å². The van der Waals surface area contributed by atoms with E-state index >= 15 is 0 Å². The van der Waals surface area contributed by atoms with Crippen LogP contribution in [0.5, 0.6) is 11.5 Å². The molecule has 0 spiro atoms. The molecule has 2 aromatic rings. The molecule has 1 unspecified atom stereocenters. The predicted molar refractivity (Wildman–Crippen MR) is 72.6 cm³/mol. The lowest BCUT2D eigenvalue weighted by Crippen LogP contribution is -2.24. The maximum absolute atomic E-state index is 12.1. The van der Waals surface area contributed by atoms with E-state index in [0.29, 0.717) is 17.4 Å². The van der Waals surface area contributed by atoms with Crippen LogP contribution in [-0.4, -0.2) is 17.0 Å². The molecule has 0 saturated carbocycles. The third-order valence-electron chi connectivity index (χ3n) is 3.51. The van der Waals surface area contributed by atoms with Crippen LogP contribution in [0.15, 0.2) is 21.3 Å². The summed E-state index contributed by atoms with van der Waals surface area (Å²) in [6.07, 6.45) is 0.525. The second-order valence-electron chi connectivity index (χ2n) is 4.97. The third kappa shape index (κ3) is 1.78. The van der Waals surface area contributed by atoms with Gasteiger partial charge in [0.1, 0.15) is 28.7 Å². The number of phenolic OH excluding ortho intramolecular Hbond substituents is 1. The number of phenols is 1. The van der Waals surface area contributed by atoms with Gasteiger partial charge >= 0.3 is 5.63 Å². The van der Waals surface area contributed by atoms with Gasteiger partial charge in [-0.05, 0) is 18.9 Å². The maximum Gasteiger partial charge on any atom is 0.336 e. The standard InChI is InChI=1S/C15H14O5/c1-3-8-5-12(17)20-10-6-11-14(15(18)13(8)10)9(16)4-7(2)19-11/h5-7,18H,3-4H2,1-2H3. The Hall–Kier alpha value is -2.30. The molecule has 104 valence electrons. The fourth-order valence-electron chi connectivity index (χ4n) is 2.63. The fraction of sp³-hybridized carbons (Fsp3) is 0.333. The number of fused-ring (bicyclic) bond motifs is 2. The van der Waals surface area contributed by atoms with Crippen molar-refractivity contribution in [1.29, 1.82) is 0 Å². The van der Waals surface area contributed by atoms with Gasteiger partial charge in [0.2, 0.25) is 0 Å². The van der Waals surface area contributed by atoms with Gasteiger partial charge in [0.05, 0.1) is 5.39 Å². The molecule has 0 saturated heterocycles. The number of ether oxygens (including phenoxy) is 1. The lowest BCUT2D eigenvalue weighted by molar-refractivity contribution is 0.0867. The van der Waals surface area contributed by atoms with E-state index in [4.69, 9.17) is 9.15 Å². The van der Waals surface area contributed by atoms with Crippen molar-refractivity contribution in [2.75, 3.05) is 0 Å². The minimum absolute atomic E-state index is 0.157. The molecule has 0 fully saturated rings. The highest BCUT2D eigenvalue weighted by molar-refractivity contribution is 6.08. The summed E-state index contributed by atoms with van der Waals surface area (Å²) < 4.78 is 10.7. The quantitative estimate of drug-likeness (QED) is 0.808. The first-order chi connectivity index (χ1) is 9.51. The lowest BCUT2D eigenvalue weighted by Gasteiger charge is -2.23. The number of aromatic hydroxyl groups is 1. The smallest absolute Gasteiger partial charge is 0.336 e. The van der Waals surface area contributed by atoms with Gasteiger partial charge in [0.25, 0.3) is 0 Å². The van der Waals surface area contributed by atoms with Crippen LogP contribution in [0.3, 0.4) is 0 Å². The van der Waals surface area contributed by atoms with Crippen molar-refractivity contribution in [3.8, 4) is 11.5 Å². The van der Waals surface area contributed by atoms with Crippen molar-refractivity contribution >= 4 is 16.8 Å². The zero-order valence-electron chi connectivity index (χ0n) is 11.2. The summed E-state index contributed by atoms with van der Waals surface area (Å²) in [5.74, 6) is -0.0449. The molecule has 1 atom stereocenters. The van der Waals surface area contributed by atoms with Crippen LogP contribution < -0.4 is 10.4 Å². The minimum atomic E-state index is -0.483. The zero-order chi connectivity index (χ0) is 14.4. The molecule has 3 rings (SSSR count). The molecule has 5 nitrogen and oxygen atoms in total. The van der Waals surface area contributed by atoms with Gasteiger partial charge in [0.15, 0.2) is 5.78 Å². The Morgan fingerprint density at radius 2 is 2.10 bits per heavy atom. The van der Waals surface area contributed by atoms with Gasteiger partial charge in [-0.2, -0.15) is 0 Å². The van der Waals surface area contributed by atoms with Crippen LogP contribution in [0.2, 0.25) is 0 Å². The first-order valence-corrected chi connectivity index (χ1v) is 6.53. The van der Waals surface area contributed by atoms with Crippen LogP contribution in [0.4, 0.5) is 0 Å². The third-order valence-corrected chi connectivity index (χ3v) is 3.51. The van der Waals surface area contributed by atoms with E-state index < -0.39 is 5.63 Å². The predicted octanol–water partition coefficient (Wildman–Crippen LogP) is 2.41. The average molecular weight is 274 g/mol. The molecule has 1 aromatic heterocycles. The second-order valence-corrected chi connectivity index (χ2v) is 4.97. The molecule has 1 aliphatic heterocycles. The minimum Gasteiger partial charge on any atom is -0.506 e. The number of carbonyl (C=O) groups is 1. The Balaban J connectivity index is 2.42. The number of benzene rings is 1.